The highest BCUT2D eigenvalue weighted by Crippen LogP contribution is 2.37. The number of carbonyl (C=O) groups is 1. The van der Waals surface area contributed by atoms with Crippen LogP contribution in [0, 0.1) is 0 Å². The van der Waals surface area contributed by atoms with Crippen LogP contribution in [0.15, 0.2) is 18.2 Å². The van der Waals surface area contributed by atoms with Crippen molar-refractivity contribution in [1.29, 1.82) is 0 Å². The quantitative estimate of drug-likeness (QED) is 0.664. The molecule has 1 aliphatic carbocycles. The number of rotatable bonds is 5. The van der Waals surface area contributed by atoms with Crippen LogP contribution in [0.4, 0.5) is 11.4 Å². The molecule has 0 saturated heterocycles. The minimum Gasteiger partial charge on any atom is -0.465 e. The third-order valence-corrected chi connectivity index (χ3v) is 4.65. The molecule has 5 nitrogen and oxygen atoms in total. The molecule has 21 heavy (non-hydrogen) atoms. The van der Waals surface area contributed by atoms with E-state index in [1.807, 2.05) is 12.1 Å². The third kappa shape index (κ3) is 2.97. The van der Waals surface area contributed by atoms with Crippen LogP contribution in [0.3, 0.4) is 0 Å². The number of hydrogen-bond acceptors (Lipinski definition) is 5. The van der Waals surface area contributed by atoms with E-state index < -0.39 is 5.97 Å². The number of carbonyl (C=O) groups excluding carboxylic acids is 1. The molecule has 1 saturated carbocycles. The zero-order chi connectivity index (χ0) is 15.6. The van der Waals surface area contributed by atoms with Gasteiger partial charge in [0.1, 0.15) is 0 Å². The number of hydrogen-bond donors (Lipinski definition) is 1. The number of benzene rings is 1. The van der Waals surface area contributed by atoms with Gasteiger partial charge in [0.15, 0.2) is 0 Å². The molecule has 1 aromatic rings. The van der Waals surface area contributed by atoms with Gasteiger partial charge in [-0.25, -0.2) is 4.79 Å². The monoisotopic (exact) mass is 291 g/mol. The van der Waals surface area contributed by atoms with Crippen LogP contribution in [-0.2, 0) is 4.74 Å². The topological polar surface area (TPSA) is 58.8 Å². The Bertz CT molecular complexity index is 524. The van der Waals surface area contributed by atoms with Gasteiger partial charge in [0, 0.05) is 30.5 Å². The van der Waals surface area contributed by atoms with Gasteiger partial charge in [-0.1, -0.05) is 0 Å². The largest absolute Gasteiger partial charge is 0.465 e. The first kappa shape index (κ1) is 15.6. The number of nitrogens with two attached hydrogens (primary N) is 1. The number of methoxy groups -OCH3 is 1. The molecular formula is C16H25N3O2. The molecule has 2 rings (SSSR count). The van der Waals surface area contributed by atoms with E-state index in [0.29, 0.717) is 11.3 Å². The van der Waals surface area contributed by atoms with E-state index in [1.165, 1.54) is 26.4 Å². The molecule has 0 bridgehead atoms. The molecule has 0 aliphatic heterocycles. The molecule has 0 radical (unpaired) electrons. The Morgan fingerprint density at radius 3 is 2.48 bits per heavy atom. The normalized spacial score (nSPS) is 16.4. The molecule has 0 spiro atoms. The minimum atomic E-state index is -0.395. The maximum atomic E-state index is 11.7. The van der Waals surface area contributed by atoms with Crippen molar-refractivity contribution in [2.24, 2.45) is 0 Å². The summed E-state index contributed by atoms with van der Waals surface area (Å²) in [6, 6.07) is 5.52. The first-order valence-electron chi connectivity index (χ1n) is 7.26. The summed E-state index contributed by atoms with van der Waals surface area (Å²) in [5.74, 6) is -0.395. The van der Waals surface area contributed by atoms with E-state index in [9.17, 15) is 4.79 Å². The summed E-state index contributed by atoms with van der Waals surface area (Å²) >= 11 is 0. The fourth-order valence-corrected chi connectivity index (χ4v) is 2.93. The van der Waals surface area contributed by atoms with Gasteiger partial charge in [-0.15, -0.1) is 0 Å². The lowest BCUT2D eigenvalue weighted by molar-refractivity contribution is 0.0602. The molecule has 0 heterocycles. The number of anilines is 2. The summed E-state index contributed by atoms with van der Waals surface area (Å²) in [7, 11) is 7.69. The molecule has 0 atom stereocenters. The second-order valence-corrected chi connectivity index (χ2v) is 6.09. The predicted octanol–water partition coefficient (Wildman–Crippen LogP) is 1.98. The van der Waals surface area contributed by atoms with Crippen LogP contribution in [0.2, 0.25) is 0 Å². The number of ether oxygens (including phenoxy) is 1. The smallest absolute Gasteiger partial charge is 0.340 e. The first-order chi connectivity index (χ1) is 9.89. The number of likely N-dealkylation sites (N-methyl/N-ethyl adjacent to an activating group) is 2. The SMILES string of the molecule is COC(=O)c1cc(N(C)CC2(N(C)C)CCC2)ccc1N. The van der Waals surface area contributed by atoms with Crippen LogP contribution >= 0.6 is 0 Å². The number of nitrogens with zero attached hydrogens (tertiary/aromatic N) is 2. The molecule has 5 heteroatoms. The van der Waals surface area contributed by atoms with E-state index in [2.05, 4.69) is 30.9 Å². The lowest BCUT2D eigenvalue weighted by Crippen LogP contribution is -2.56. The number of esters is 1. The Hall–Kier alpha value is -1.75. The van der Waals surface area contributed by atoms with E-state index in [1.54, 1.807) is 6.07 Å². The predicted molar refractivity (Wildman–Crippen MR) is 85.7 cm³/mol. The summed E-state index contributed by atoms with van der Waals surface area (Å²) in [5.41, 5.74) is 7.95. The Kier molecular flexibility index (Phi) is 4.42. The maximum absolute atomic E-state index is 11.7. The summed E-state index contributed by atoms with van der Waals surface area (Å²) in [5, 5.41) is 0. The van der Waals surface area contributed by atoms with Crippen molar-refractivity contribution in [1.82, 2.24) is 4.90 Å². The fourth-order valence-electron chi connectivity index (χ4n) is 2.93. The van der Waals surface area contributed by atoms with Crippen molar-refractivity contribution in [3.8, 4) is 0 Å². The van der Waals surface area contributed by atoms with Gasteiger partial charge in [-0.05, 0) is 51.6 Å². The van der Waals surface area contributed by atoms with Crippen molar-refractivity contribution >= 4 is 17.3 Å². The van der Waals surface area contributed by atoms with Crippen LogP contribution in [-0.4, -0.2) is 51.2 Å². The van der Waals surface area contributed by atoms with Crippen molar-refractivity contribution < 1.29 is 9.53 Å². The Labute approximate surface area is 126 Å². The van der Waals surface area contributed by atoms with Gasteiger partial charge in [-0.2, -0.15) is 0 Å². The molecule has 0 aromatic heterocycles. The van der Waals surface area contributed by atoms with Gasteiger partial charge in [0.2, 0.25) is 0 Å². The average molecular weight is 291 g/mol. The third-order valence-electron chi connectivity index (χ3n) is 4.65. The summed E-state index contributed by atoms with van der Waals surface area (Å²) < 4.78 is 4.78. The average Bonchev–Trinajstić information content (AvgIpc) is 2.41. The molecule has 0 unspecified atom stereocenters. The highest BCUT2D eigenvalue weighted by Gasteiger charge is 2.40. The van der Waals surface area contributed by atoms with E-state index in [0.717, 1.165) is 12.2 Å². The van der Waals surface area contributed by atoms with Crippen LogP contribution in [0.1, 0.15) is 29.6 Å². The van der Waals surface area contributed by atoms with Gasteiger partial charge < -0.3 is 20.3 Å². The lowest BCUT2D eigenvalue weighted by atomic mass is 9.75. The Morgan fingerprint density at radius 2 is 2.00 bits per heavy atom. The second-order valence-electron chi connectivity index (χ2n) is 6.09. The number of nitrogen functional groups attached to an aromatic ring is 1. The van der Waals surface area contributed by atoms with Gasteiger partial charge in [-0.3, -0.25) is 0 Å². The van der Waals surface area contributed by atoms with Crippen molar-refractivity contribution in [2.75, 3.05) is 45.4 Å². The molecule has 1 fully saturated rings. The fraction of sp³-hybridized carbons (Fsp3) is 0.562. The first-order valence-corrected chi connectivity index (χ1v) is 7.26. The molecular weight excluding hydrogens is 266 g/mol. The van der Waals surface area contributed by atoms with Crippen LogP contribution < -0.4 is 10.6 Å². The van der Waals surface area contributed by atoms with E-state index in [4.69, 9.17) is 10.5 Å². The highest BCUT2D eigenvalue weighted by molar-refractivity contribution is 5.96. The summed E-state index contributed by atoms with van der Waals surface area (Å²) in [6.45, 7) is 0.935. The van der Waals surface area contributed by atoms with Crippen molar-refractivity contribution in [3.63, 3.8) is 0 Å². The highest BCUT2D eigenvalue weighted by atomic mass is 16.5. The zero-order valence-corrected chi connectivity index (χ0v) is 13.3. The van der Waals surface area contributed by atoms with Gasteiger partial charge >= 0.3 is 5.97 Å². The van der Waals surface area contributed by atoms with Gasteiger partial charge in [0.05, 0.1) is 12.7 Å². The molecule has 2 N–H and O–H groups in total. The van der Waals surface area contributed by atoms with Crippen molar-refractivity contribution in [3.05, 3.63) is 23.8 Å². The Balaban J connectivity index is 2.19. The summed E-state index contributed by atoms with van der Waals surface area (Å²) in [4.78, 5) is 16.2. The van der Waals surface area contributed by atoms with Gasteiger partial charge in [0.25, 0.3) is 0 Å². The minimum absolute atomic E-state index is 0.238. The Morgan fingerprint density at radius 1 is 1.33 bits per heavy atom. The lowest BCUT2D eigenvalue weighted by Gasteiger charge is -2.49. The maximum Gasteiger partial charge on any atom is 0.340 e. The van der Waals surface area contributed by atoms with Crippen molar-refractivity contribution in [2.45, 2.75) is 24.8 Å². The zero-order valence-electron chi connectivity index (χ0n) is 13.3. The summed E-state index contributed by atoms with van der Waals surface area (Å²) in [6.07, 6.45) is 3.70. The van der Waals surface area contributed by atoms with E-state index in [-0.39, 0.29) is 5.54 Å². The molecule has 116 valence electrons. The van der Waals surface area contributed by atoms with Crippen LogP contribution in [0.5, 0.6) is 0 Å². The van der Waals surface area contributed by atoms with Crippen LogP contribution in [0.25, 0.3) is 0 Å². The molecule has 1 aliphatic rings. The van der Waals surface area contributed by atoms with E-state index >= 15 is 0 Å². The molecule has 1 aromatic carbocycles. The standard InChI is InChI=1S/C16H25N3O2/c1-18(2)16(8-5-9-16)11-19(3)12-6-7-14(17)13(10-12)15(20)21-4/h6-7,10H,5,8-9,11,17H2,1-4H3. The second kappa shape index (κ2) is 5.93. The molecule has 0 amide bonds.